The van der Waals surface area contributed by atoms with Crippen LogP contribution in [0.2, 0.25) is 0 Å². The largest absolute Gasteiger partial charge is 0.412 e. The number of rotatable bonds is 4. The summed E-state index contributed by atoms with van der Waals surface area (Å²) >= 11 is 6.64. The summed E-state index contributed by atoms with van der Waals surface area (Å²) < 4.78 is 6.53. The van der Waals surface area contributed by atoms with Crippen molar-refractivity contribution < 1.29 is 14.4 Å². The van der Waals surface area contributed by atoms with Crippen LogP contribution in [0.1, 0.15) is 5.56 Å². The molecule has 7 heteroatoms. The van der Waals surface area contributed by atoms with E-state index in [0.717, 1.165) is 4.47 Å². The Morgan fingerprint density at radius 1 is 1.58 bits per heavy atom. The molecule has 0 fully saturated rings. The number of amides is 1. The first-order chi connectivity index (χ1) is 9.08. The van der Waals surface area contributed by atoms with Gasteiger partial charge in [0.25, 0.3) is 0 Å². The van der Waals surface area contributed by atoms with Gasteiger partial charge in [-0.25, -0.2) is 4.79 Å². The minimum absolute atomic E-state index is 0.0668. The minimum Gasteiger partial charge on any atom is -0.408 e. The van der Waals surface area contributed by atoms with Crippen molar-refractivity contribution in [2.75, 3.05) is 13.7 Å². The number of terminal acetylenes is 1. The highest BCUT2D eigenvalue weighted by molar-refractivity contribution is 9.11. The maximum absolute atomic E-state index is 11.3. The molecule has 0 radical (unpaired) electrons. The fourth-order valence-electron chi connectivity index (χ4n) is 1.10. The van der Waals surface area contributed by atoms with Gasteiger partial charge in [0.05, 0.1) is 10.7 Å². The molecule has 0 bridgehead atoms. The van der Waals surface area contributed by atoms with Crippen molar-refractivity contribution in [1.82, 2.24) is 5.32 Å². The second-order valence-corrected chi connectivity index (χ2v) is 4.93. The molecule has 1 rings (SSSR count). The summed E-state index contributed by atoms with van der Waals surface area (Å²) in [5.41, 5.74) is 0.557. The highest BCUT2D eigenvalue weighted by Gasteiger charge is 2.12. The van der Waals surface area contributed by atoms with Crippen LogP contribution in [0.4, 0.5) is 4.79 Å². The Balaban J connectivity index is 3.03. The van der Waals surface area contributed by atoms with Crippen LogP contribution in [0.5, 0.6) is 5.75 Å². The van der Waals surface area contributed by atoms with Crippen molar-refractivity contribution in [3.8, 4) is 18.1 Å². The molecule has 1 aromatic carbocycles. The molecular formula is C12H10Br2N2O3. The number of halogens is 2. The lowest BCUT2D eigenvalue weighted by Gasteiger charge is -2.09. The van der Waals surface area contributed by atoms with Gasteiger partial charge in [0.2, 0.25) is 0 Å². The Kier molecular flexibility index (Phi) is 6.39. The van der Waals surface area contributed by atoms with E-state index in [1.807, 2.05) is 0 Å². The van der Waals surface area contributed by atoms with Crippen LogP contribution in [0.3, 0.4) is 0 Å². The monoisotopic (exact) mass is 388 g/mol. The number of oxime groups is 1. The molecule has 0 aliphatic carbocycles. The van der Waals surface area contributed by atoms with Gasteiger partial charge in [0, 0.05) is 17.1 Å². The number of nitrogens with one attached hydrogen (secondary N) is 1. The molecule has 0 heterocycles. The average molecular weight is 390 g/mol. The van der Waals surface area contributed by atoms with E-state index in [1.54, 1.807) is 12.1 Å². The first kappa shape index (κ1) is 15.5. The standard InChI is InChI=1S/C12H10Br2N2O3/c1-3-4-18-16-7-8-5-9(13)6-10(14)11(8)19-12(17)15-2/h1,5-7H,4H2,2H3,(H,15,17). The predicted molar refractivity (Wildman–Crippen MR) is 79.3 cm³/mol. The van der Waals surface area contributed by atoms with Crippen molar-refractivity contribution >= 4 is 44.2 Å². The van der Waals surface area contributed by atoms with Crippen molar-refractivity contribution in [2.45, 2.75) is 0 Å². The Labute approximate surface area is 127 Å². The van der Waals surface area contributed by atoms with Gasteiger partial charge in [-0.05, 0) is 28.1 Å². The van der Waals surface area contributed by atoms with Crippen LogP contribution in [0.25, 0.3) is 0 Å². The molecule has 0 saturated heterocycles. The van der Waals surface area contributed by atoms with Crippen molar-refractivity contribution in [3.63, 3.8) is 0 Å². The third-order valence-electron chi connectivity index (χ3n) is 1.85. The lowest BCUT2D eigenvalue weighted by molar-refractivity contribution is 0.181. The van der Waals surface area contributed by atoms with E-state index in [2.05, 4.69) is 48.3 Å². The molecule has 1 amide bonds. The zero-order valence-electron chi connectivity index (χ0n) is 9.94. The fraction of sp³-hybridized carbons (Fsp3) is 0.167. The number of nitrogens with zero attached hydrogens (tertiary/aromatic N) is 1. The van der Waals surface area contributed by atoms with E-state index in [4.69, 9.17) is 16.0 Å². The highest BCUT2D eigenvalue weighted by Crippen LogP contribution is 2.32. The summed E-state index contributed by atoms with van der Waals surface area (Å²) in [4.78, 5) is 16.1. The molecule has 1 aromatic rings. The Morgan fingerprint density at radius 3 is 2.95 bits per heavy atom. The summed E-state index contributed by atoms with van der Waals surface area (Å²) in [6.45, 7) is 0.0668. The van der Waals surface area contributed by atoms with Gasteiger partial charge in [-0.15, -0.1) is 6.42 Å². The summed E-state index contributed by atoms with van der Waals surface area (Å²) in [7, 11) is 1.47. The molecule has 0 aliphatic rings. The predicted octanol–water partition coefficient (Wildman–Crippen LogP) is 2.91. The van der Waals surface area contributed by atoms with Gasteiger partial charge in [0.1, 0.15) is 0 Å². The molecule has 100 valence electrons. The van der Waals surface area contributed by atoms with Crippen LogP contribution in [0.15, 0.2) is 26.2 Å². The molecule has 0 aliphatic heterocycles. The summed E-state index contributed by atoms with van der Waals surface area (Å²) in [6, 6.07) is 3.48. The number of hydrogen-bond acceptors (Lipinski definition) is 4. The number of hydrogen-bond donors (Lipinski definition) is 1. The molecule has 0 spiro atoms. The van der Waals surface area contributed by atoms with Gasteiger partial charge in [0.15, 0.2) is 12.4 Å². The summed E-state index contributed by atoms with van der Waals surface area (Å²) in [5.74, 6) is 2.61. The van der Waals surface area contributed by atoms with Gasteiger partial charge in [-0.1, -0.05) is 27.0 Å². The molecule has 19 heavy (non-hydrogen) atoms. The molecule has 0 saturated carbocycles. The number of carbonyl (C=O) groups excluding carboxylic acids is 1. The van der Waals surface area contributed by atoms with E-state index in [-0.39, 0.29) is 6.61 Å². The van der Waals surface area contributed by atoms with E-state index < -0.39 is 6.09 Å². The maximum atomic E-state index is 11.3. The van der Waals surface area contributed by atoms with Gasteiger partial charge in [-0.3, -0.25) is 0 Å². The highest BCUT2D eigenvalue weighted by atomic mass is 79.9. The summed E-state index contributed by atoms with van der Waals surface area (Å²) in [5, 5.41) is 6.05. The van der Waals surface area contributed by atoms with Crippen LogP contribution in [0, 0.1) is 12.3 Å². The van der Waals surface area contributed by atoms with E-state index in [0.29, 0.717) is 15.8 Å². The second-order valence-electron chi connectivity index (χ2n) is 3.16. The number of ether oxygens (including phenoxy) is 1. The van der Waals surface area contributed by atoms with Gasteiger partial charge in [-0.2, -0.15) is 0 Å². The van der Waals surface area contributed by atoms with Crippen molar-refractivity contribution in [2.24, 2.45) is 5.16 Å². The molecule has 1 N–H and O–H groups in total. The van der Waals surface area contributed by atoms with Gasteiger partial charge >= 0.3 is 6.09 Å². The van der Waals surface area contributed by atoms with Crippen molar-refractivity contribution in [3.05, 3.63) is 26.6 Å². The molecule has 0 aromatic heterocycles. The van der Waals surface area contributed by atoms with Crippen LogP contribution in [-0.2, 0) is 4.84 Å². The number of benzene rings is 1. The van der Waals surface area contributed by atoms with E-state index in [9.17, 15) is 4.79 Å². The second kappa shape index (κ2) is 7.81. The normalized spacial score (nSPS) is 10.0. The lowest BCUT2D eigenvalue weighted by Crippen LogP contribution is -2.22. The quantitative estimate of drug-likeness (QED) is 0.372. The Morgan fingerprint density at radius 2 is 2.32 bits per heavy atom. The number of carbonyl (C=O) groups is 1. The maximum Gasteiger partial charge on any atom is 0.412 e. The van der Waals surface area contributed by atoms with Crippen molar-refractivity contribution in [1.29, 1.82) is 0 Å². The minimum atomic E-state index is -0.581. The lowest BCUT2D eigenvalue weighted by atomic mass is 10.2. The summed E-state index contributed by atoms with van der Waals surface area (Å²) in [6.07, 6.45) is 5.86. The van der Waals surface area contributed by atoms with E-state index >= 15 is 0 Å². The molecule has 0 atom stereocenters. The van der Waals surface area contributed by atoms with Crippen LogP contribution in [-0.4, -0.2) is 26.0 Å². The van der Waals surface area contributed by atoms with Crippen LogP contribution >= 0.6 is 31.9 Å². The topological polar surface area (TPSA) is 59.9 Å². The molecular weight excluding hydrogens is 380 g/mol. The Bertz CT molecular complexity index is 539. The smallest absolute Gasteiger partial charge is 0.408 e. The first-order valence-electron chi connectivity index (χ1n) is 5.06. The third-order valence-corrected chi connectivity index (χ3v) is 2.90. The van der Waals surface area contributed by atoms with Gasteiger partial charge < -0.3 is 14.9 Å². The average Bonchev–Trinajstić information content (AvgIpc) is 2.38. The first-order valence-corrected chi connectivity index (χ1v) is 6.64. The zero-order chi connectivity index (χ0) is 14.3. The molecule has 0 unspecified atom stereocenters. The molecule has 5 nitrogen and oxygen atoms in total. The Hall–Kier alpha value is -1.52. The SMILES string of the molecule is C#CCON=Cc1cc(Br)cc(Br)c1OC(=O)NC. The zero-order valence-corrected chi connectivity index (χ0v) is 13.1. The van der Waals surface area contributed by atoms with E-state index in [1.165, 1.54) is 13.3 Å². The third kappa shape index (κ3) is 4.93. The van der Waals surface area contributed by atoms with Crippen LogP contribution < -0.4 is 10.1 Å². The fourth-order valence-corrected chi connectivity index (χ4v) is 2.44.